The van der Waals surface area contributed by atoms with Crippen molar-refractivity contribution in [3.05, 3.63) is 82.9 Å². The molecule has 0 radical (unpaired) electrons. The molecule has 17 nitrogen and oxygen atoms in total. The standard InChI is InChI=1S/C45H53NO14.ClH.2H2O/c1-23-29(57-39(52)33(49)32(26-15-11-9-12-16-26)46-40(53)60-41(4,5)6)21-45(54)37(58-38(51)27-17-13-10-14-18-27)35-43(36(50)34(56-24(2)47)31(23)42(45,7)8)20-28(43)19-30-44(35,22-55-30)59-25(3)48;;;/h9-18,28-30,32-35,37,49,54H,19-22H2,1-8H3,(H,46,53);1H;2*1H2/t28-,29+,30-,32+,33-,34-,35+,37+,43-,44+,45-;;;/m1.../s1. The summed E-state index contributed by atoms with van der Waals surface area (Å²) in [6.07, 6.45) is -8.18. The van der Waals surface area contributed by atoms with Crippen LogP contribution in [0.3, 0.4) is 0 Å². The Balaban J connectivity index is 0.00000290. The molecule has 2 aromatic rings. The number of rotatable bonds is 9. The van der Waals surface area contributed by atoms with Gasteiger partial charge in [0, 0.05) is 31.1 Å². The number of hydrogen-bond acceptors (Lipinski definition) is 14. The lowest BCUT2D eigenvalue weighted by Crippen LogP contribution is -2.78. The average Bonchev–Trinajstić information content (AvgIpc) is 3.90. The van der Waals surface area contributed by atoms with Crippen LogP contribution in [-0.4, -0.2) is 111 Å². The normalized spacial score (nSPS) is 31.7. The number of halogens is 1. The molecule has 1 amide bonds. The molecule has 1 saturated heterocycles. The quantitative estimate of drug-likeness (QED) is 0.185. The number of nitrogens with one attached hydrogen (secondary N) is 1. The topological polar surface area (TPSA) is 273 Å². The number of aliphatic hydroxyl groups is 2. The Labute approximate surface area is 371 Å². The number of esters is 4. The molecule has 2 bridgehead atoms. The van der Waals surface area contributed by atoms with E-state index in [1.807, 2.05) is 0 Å². The van der Waals surface area contributed by atoms with Crippen LogP contribution in [0.25, 0.3) is 0 Å². The van der Waals surface area contributed by atoms with Crippen molar-refractivity contribution in [1.82, 2.24) is 5.32 Å². The number of ether oxygens (including phenoxy) is 6. The molecule has 0 unspecified atom stereocenters. The van der Waals surface area contributed by atoms with E-state index in [4.69, 9.17) is 28.4 Å². The van der Waals surface area contributed by atoms with Gasteiger partial charge in [0.25, 0.3) is 0 Å². The van der Waals surface area contributed by atoms with Crippen LogP contribution in [0.1, 0.15) is 96.6 Å². The first-order valence-electron chi connectivity index (χ1n) is 20.2. The van der Waals surface area contributed by atoms with E-state index in [0.29, 0.717) is 12.0 Å². The summed E-state index contributed by atoms with van der Waals surface area (Å²) in [7, 11) is 0. The van der Waals surface area contributed by atoms with E-state index in [1.54, 1.807) is 90.1 Å². The molecule has 11 atom stereocenters. The second kappa shape index (κ2) is 17.9. The molecule has 63 heavy (non-hydrogen) atoms. The van der Waals surface area contributed by atoms with Crippen molar-refractivity contribution in [1.29, 1.82) is 0 Å². The van der Waals surface area contributed by atoms with Gasteiger partial charge in [-0.25, -0.2) is 14.4 Å². The summed E-state index contributed by atoms with van der Waals surface area (Å²) in [6, 6.07) is 14.9. The maximum Gasteiger partial charge on any atom is 0.408 e. The van der Waals surface area contributed by atoms with Crippen molar-refractivity contribution in [2.45, 2.75) is 128 Å². The molecule has 7 rings (SSSR count). The molecule has 1 heterocycles. The Hall–Kier alpha value is -4.91. The minimum absolute atomic E-state index is 0. The first-order valence-corrected chi connectivity index (χ1v) is 20.2. The van der Waals surface area contributed by atoms with Gasteiger partial charge in [0.2, 0.25) is 0 Å². The summed E-state index contributed by atoms with van der Waals surface area (Å²) in [5, 5.41) is 27.9. The van der Waals surface area contributed by atoms with Crippen LogP contribution in [0.2, 0.25) is 0 Å². The largest absolute Gasteiger partial charge is 0.456 e. The van der Waals surface area contributed by atoms with Gasteiger partial charge in [0.1, 0.15) is 29.5 Å². The third-order valence-electron chi connectivity index (χ3n) is 13.2. The van der Waals surface area contributed by atoms with Crippen molar-refractivity contribution in [2.24, 2.45) is 22.7 Å². The molecule has 5 aliphatic rings. The molecule has 18 heteroatoms. The van der Waals surface area contributed by atoms with Crippen LogP contribution in [0.5, 0.6) is 0 Å². The van der Waals surface area contributed by atoms with E-state index in [0.717, 1.165) is 6.92 Å². The summed E-state index contributed by atoms with van der Waals surface area (Å²) >= 11 is 0. The highest BCUT2D eigenvalue weighted by atomic mass is 35.5. The SMILES string of the molecule is CC(=O)O[C@H]1C(=O)[C@]23C[C@H]2C[C@H]2OC[C@@]2(OC(C)=O)[C@H]3[C@H](OC(=O)c2ccccc2)[C@]2(O)C[C@H](OC(=O)[C@H](O)[C@@H](NC(=O)OC(C)(C)C)c3ccccc3)C(C)=C1C2(C)C.Cl.O.O. The number of aliphatic hydroxyl groups excluding tert-OH is 1. The van der Waals surface area contributed by atoms with Gasteiger partial charge in [-0.1, -0.05) is 62.4 Å². The molecule has 7 N–H and O–H groups in total. The number of carbonyl (C=O) groups is 6. The lowest BCUT2D eigenvalue weighted by atomic mass is 9.48. The zero-order valence-electron chi connectivity index (χ0n) is 36.4. The average molecular weight is 904 g/mol. The van der Waals surface area contributed by atoms with Crippen LogP contribution < -0.4 is 5.32 Å². The second-order valence-corrected chi connectivity index (χ2v) is 18.3. The third kappa shape index (κ3) is 8.58. The second-order valence-electron chi connectivity index (χ2n) is 18.3. The predicted molar refractivity (Wildman–Crippen MR) is 224 cm³/mol. The molecule has 4 fully saturated rings. The molecule has 1 aliphatic heterocycles. The van der Waals surface area contributed by atoms with Crippen molar-refractivity contribution >= 4 is 48.2 Å². The smallest absolute Gasteiger partial charge is 0.408 e. The van der Waals surface area contributed by atoms with Gasteiger partial charge in [-0.15, -0.1) is 12.4 Å². The fourth-order valence-electron chi connectivity index (χ4n) is 10.4. The molecule has 2 aromatic carbocycles. The van der Waals surface area contributed by atoms with Crippen LogP contribution in [-0.2, 0) is 47.6 Å². The highest BCUT2D eigenvalue weighted by Crippen LogP contribution is 2.74. The maximum absolute atomic E-state index is 15.4. The van der Waals surface area contributed by atoms with Gasteiger partial charge in [-0.05, 0) is 75.3 Å². The summed E-state index contributed by atoms with van der Waals surface area (Å²) < 4.78 is 36.0. The van der Waals surface area contributed by atoms with Gasteiger partial charge >= 0.3 is 30.0 Å². The molecule has 4 aliphatic carbocycles. The lowest BCUT2D eigenvalue weighted by molar-refractivity contribution is -0.323. The third-order valence-corrected chi connectivity index (χ3v) is 13.2. The van der Waals surface area contributed by atoms with Crippen LogP contribution in [0.4, 0.5) is 4.79 Å². The summed E-state index contributed by atoms with van der Waals surface area (Å²) in [5.74, 6) is -5.65. The number of amides is 1. The minimum Gasteiger partial charge on any atom is -0.456 e. The Morgan fingerprint density at radius 3 is 2.03 bits per heavy atom. The van der Waals surface area contributed by atoms with Crippen molar-refractivity contribution < 1.29 is 78.4 Å². The zero-order chi connectivity index (χ0) is 43.7. The van der Waals surface area contributed by atoms with Gasteiger partial charge in [0.05, 0.1) is 24.1 Å². The summed E-state index contributed by atoms with van der Waals surface area (Å²) in [4.78, 5) is 82.8. The van der Waals surface area contributed by atoms with Crippen molar-refractivity contribution in [3.8, 4) is 0 Å². The Morgan fingerprint density at radius 2 is 1.49 bits per heavy atom. The van der Waals surface area contributed by atoms with E-state index >= 15 is 4.79 Å². The Morgan fingerprint density at radius 1 is 0.889 bits per heavy atom. The van der Waals surface area contributed by atoms with E-state index < -0.39 is 112 Å². The summed E-state index contributed by atoms with van der Waals surface area (Å²) in [5.41, 5.74) is -6.79. The van der Waals surface area contributed by atoms with Gasteiger partial charge < -0.3 is 54.9 Å². The number of fused-ring (bicyclic) bond motifs is 4. The first-order chi connectivity index (χ1) is 28.1. The number of alkyl carbamates (subject to hydrolysis) is 1. The molecule has 3 saturated carbocycles. The van der Waals surface area contributed by atoms with Gasteiger partial charge in [-0.3, -0.25) is 14.4 Å². The lowest BCUT2D eigenvalue weighted by Gasteiger charge is -2.64. The van der Waals surface area contributed by atoms with Gasteiger partial charge in [-0.2, -0.15) is 0 Å². The molecule has 0 aromatic heterocycles. The van der Waals surface area contributed by atoms with E-state index in [2.05, 4.69) is 5.32 Å². The molecule has 1 spiro atoms. The minimum atomic E-state index is -2.25. The fraction of sp³-hybridized carbons (Fsp3) is 0.556. The number of Topliss-reactive ketones (excluding diaryl/α,β-unsaturated/α-hetero) is 1. The predicted octanol–water partition coefficient (Wildman–Crippen LogP) is 3.24. The highest BCUT2D eigenvalue weighted by Gasteiger charge is 2.84. The first kappa shape index (κ1) is 50.7. The fourth-order valence-corrected chi connectivity index (χ4v) is 10.4. The number of hydrogen-bond donors (Lipinski definition) is 3. The summed E-state index contributed by atoms with van der Waals surface area (Å²) in [6.45, 7) is 12.0. The molecular formula is C45H58ClNO16. The van der Waals surface area contributed by atoms with E-state index in [-0.39, 0.29) is 59.0 Å². The van der Waals surface area contributed by atoms with Crippen LogP contribution >= 0.6 is 12.4 Å². The van der Waals surface area contributed by atoms with Crippen LogP contribution in [0, 0.1) is 22.7 Å². The number of benzene rings is 2. The van der Waals surface area contributed by atoms with Crippen molar-refractivity contribution in [2.75, 3.05) is 6.61 Å². The van der Waals surface area contributed by atoms with E-state index in [9.17, 15) is 34.2 Å². The number of carbonyl (C=O) groups excluding carboxylic acids is 6. The maximum atomic E-state index is 15.4. The Bertz CT molecular complexity index is 2120. The van der Waals surface area contributed by atoms with E-state index in [1.165, 1.54) is 19.1 Å². The molecule has 346 valence electrons. The molecular weight excluding hydrogens is 846 g/mol. The number of ketones is 1. The van der Waals surface area contributed by atoms with Crippen LogP contribution in [0.15, 0.2) is 71.8 Å². The Kier molecular flexibility index (Phi) is 14.4. The monoisotopic (exact) mass is 903 g/mol. The zero-order valence-corrected chi connectivity index (χ0v) is 37.2. The van der Waals surface area contributed by atoms with Crippen molar-refractivity contribution in [3.63, 3.8) is 0 Å². The highest BCUT2D eigenvalue weighted by molar-refractivity contribution is 5.97. The van der Waals surface area contributed by atoms with Gasteiger partial charge in [0.15, 0.2) is 23.6 Å².